The number of ether oxygens (including phenoxy) is 2. The number of furan rings is 1. The zero-order valence-corrected chi connectivity index (χ0v) is 12.3. The second kappa shape index (κ2) is 5.44. The van der Waals surface area contributed by atoms with Crippen LogP contribution in [0.25, 0.3) is 5.70 Å². The Labute approximate surface area is 128 Å². The summed E-state index contributed by atoms with van der Waals surface area (Å²) in [5.74, 6) is 1.04. The number of carbonyl (C=O) groups excluding carboxylic acids is 1. The highest BCUT2D eigenvalue weighted by Crippen LogP contribution is 2.32. The van der Waals surface area contributed by atoms with Gasteiger partial charge in [-0.15, -0.1) is 0 Å². The monoisotopic (exact) mass is 304 g/mol. The number of fused-ring (bicyclic) bond motifs is 1. The smallest absolute Gasteiger partial charge is 0.223 e. The first-order valence-corrected chi connectivity index (χ1v) is 7.75. The van der Waals surface area contributed by atoms with Crippen molar-refractivity contribution in [2.24, 2.45) is 5.92 Å². The molecular weight excluding hydrogens is 284 g/mol. The third kappa shape index (κ3) is 2.53. The molecule has 2 aliphatic heterocycles. The molecule has 3 aliphatic rings. The van der Waals surface area contributed by atoms with Crippen molar-refractivity contribution in [1.29, 1.82) is 0 Å². The van der Waals surface area contributed by atoms with Crippen molar-refractivity contribution in [2.75, 3.05) is 13.2 Å². The van der Waals surface area contributed by atoms with Crippen molar-refractivity contribution in [3.63, 3.8) is 0 Å². The maximum Gasteiger partial charge on any atom is 0.223 e. The van der Waals surface area contributed by atoms with Gasteiger partial charge in [0.05, 0.1) is 37.3 Å². The summed E-state index contributed by atoms with van der Waals surface area (Å²) in [5.41, 5.74) is 0.716. The molecule has 0 spiro atoms. The summed E-state index contributed by atoms with van der Waals surface area (Å²) in [5, 5.41) is 6.37. The maximum atomic E-state index is 11.9. The maximum absolute atomic E-state index is 11.9. The molecule has 2 saturated heterocycles. The van der Waals surface area contributed by atoms with Gasteiger partial charge in [0.1, 0.15) is 18.0 Å². The number of rotatable bonds is 5. The summed E-state index contributed by atoms with van der Waals surface area (Å²) in [4.78, 5) is 11.9. The van der Waals surface area contributed by atoms with E-state index in [2.05, 4.69) is 17.2 Å². The standard InChI is InChI=1S/C16H20N2O4/c1-9(13-3-2-6-20-13)17-11-7-21-15-12(8-22-14(11)15)18-16(19)10-4-5-10/h2-3,6,10-12,14-15,17H,1,4-5,7-8H2,(H,18,19)/t11-,12-,14+,15+/m0/s1. The predicted octanol–water partition coefficient (Wildman–Crippen LogP) is 0.901. The van der Waals surface area contributed by atoms with Crippen molar-refractivity contribution in [3.8, 4) is 0 Å². The highest BCUT2D eigenvalue weighted by molar-refractivity contribution is 5.81. The van der Waals surface area contributed by atoms with Gasteiger partial charge in [-0.05, 0) is 25.0 Å². The summed E-state index contributed by atoms with van der Waals surface area (Å²) in [7, 11) is 0. The van der Waals surface area contributed by atoms with E-state index in [1.54, 1.807) is 6.26 Å². The lowest BCUT2D eigenvalue weighted by atomic mass is 10.1. The van der Waals surface area contributed by atoms with E-state index in [9.17, 15) is 4.79 Å². The first kappa shape index (κ1) is 13.8. The molecule has 0 bridgehead atoms. The van der Waals surface area contributed by atoms with Crippen LogP contribution in [0.4, 0.5) is 0 Å². The molecule has 22 heavy (non-hydrogen) atoms. The van der Waals surface area contributed by atoms with E-state index < -0.39 is 0 Å². The minimum atomic E-state index is -0.0930. The van der Waals surface area contributed by atoms with Crippen LogP contribution >= 0.6 is 0 Å². The van der Waals surface area contributed by atoms with E-state index in [-0.39, 0.29) is 36.1 Å². The van der Waals surface area contributed by atoms with E-state index >= 15 is 0 Å². The van der Waals surface area contributed by atoms with Crippen molar-refractivity contribution < 1.29 is 18.7 Å². The van der Waals surface area contributed by atoms with E-state index in [0.29, 0.717) is 24.7 Å². The van der Waals surface area contributed by atoms with E-state index in [1.807, 2.05) is 12.1 Å². The first-order chi connectivity index (χ1) is 10.7. The summed E-state index contributed by atoms with van der Waals surface area (Å²) in [6.07, 6.45) is 3.45. The minimum absolute atomic E-state index is 0.0189. The predicted molar refractivity (Wildman–Crippen MR) is 78.8 cm³/mol. The highest BCUT2D eigenvalue weighted by atomic mass is 16.6. The van der Waals surface area contributed by atoms with Gasteiger partial charge in [0, 0.05) is 5.92 Å². The van der Waals surface area contributed by atoms with Crippen molar-refractivity contribution >= 4 is 11.6 Å². The first-order valence-electron chi connectivity index (χ1n) is 7.75. The van der Waals surface area contributed by atoms with Gasteiger partial charge in [-0.2, -0.15) is 0 Å². The lowest BCUT2D eigenvalue weighted by Gasteiger charge is -2.19. The summed E-state index contributed by atoms with van der Waals surface area (Å²) >= 11 is 0. The Bertz CT molecular complexity index is 567. The molecule has 3 fully saturated rings. The van der Waals surface area contributed by atoms with Crippen LogP contribution in [0.5, 0.6) is 0 Å². The number of amides is 1. The second-order valence-corrected chi connectivity index (χ2v) is 6.19. The summed E-state index contributed by atoms with van der Waals surface area (Å²) < 4.78 is 17.0. The fourth-order valence-corrected chi connectivity index (χ4v) is 3.14. The Morgan fingerprint density at radius 2 is 1.82 bits per heavy atom. The van der Waals surface area contributed by atoms with Gasteiger partial charge in [0.25, 0.3) is 0 Å². The Kier molecular flexibility index (Phi) is 3.43. The van der Waals surface area contributed by atoms with E-state index in [1.165, 1.54) is 0 Å². The number of carbonyl (C=O) groups is 1. The zero-order valence-electron chi connectivity index (χ0n) is 12.3. The van der Waals surface area contributed by atoms with Gasteiger partial charge in [0.2, 0.25) is 5.91 Å². The van der Waals surface area contributed by atoms with Crippen LogP contribution in [0, 0.1) is 5.92 Å². The summed E-state index contributed by atoms with van der Waals surface area (Å²) in [6.45, 7) is 5.02. The fraction of sp³-hybridized carbons (Fsp3) is 0.562. The van der Waals surface area contributed by atoms with Crippen molar-refractivity contribution in [2.45, 2.75) is 37.1 Å². The topological polar surface area (TPSA) is 72.7 Å². The molecule has 4 atom stereocenters. The number of nitrogens with one attached hydrogen (secondary N) is 2. The van der Waals surface area contributed by atoms with Gasteiger partial charge < -0.3 is 24.5 Å². The molecule has 6 nitrogen and oxygen atoms in total. The minimum Gasteiger partial charge on any atom is -0.463 e. The fourth-order valence-electron chi connectivity index (χ4n) is 3.14. The molecule has 1 aromatic heterocycles. The zero-order chi connectivity index (χ0) is 15.1. The summed E-state index contributed by atoms with van der Waals surface area (Å²) in [6, 6.07) is 3.65. The van der Waals surface area contributed by atoms with Gasteiger partial charge in [-0.25, -0.2) is 0 Å². The van der Waals surface area contributed by atoms with Crippen LogP contribution in [0.2, 0.25) is 0 Å². The van der Waals surface area contributed by atoms with Crippen LogP contribution in [0.3, 0.4) is 0 Å². The largest absolute Gasteiger partial charge is 0.463 e. The molecule has 0 radical (unpaired) electrons. The third-order valence-corrected chi connectivity index (χ3v) is 4.51. The lowest BCUT2D eigenvalue weighted by Crippen LogP contribution is -2.45. The SMILES string of the molecule is C=C(N[C@H]1CO[C@H]2[C@@H]1OC[C@@H]2NC(=O)C1CC1)c1ccco1. The quantitative estimate of drug-likeness (QED) is 0.845. The average molecular weight is 304 g/mol. The molecule has 118 valence electrons. The third-order valence-electron chi connectivity index (χ3n) is 4.51. The van der Waals surface area contributed by atoms with Crippen LogP contribution in [-0.2, 0) is 14.3 Å². The number of hydrogen-bond donors (Lipinski definition) is 2. The molecule has 1 aromatic rings. The molecule has 6 heteroatoms. The Morgan fingerprint density at radius 1 is 1.14 bits per heavy atom. The van der Waals surface area contributed by atoms with Gasteiger partial charge in [0.15, 0.2) is 0 Å². The van der Waals surface area contributed by atoms with E-state index in [0.717, 1.165) is 12.8 Å². The van der Waals surface area contributed by atoms with Crippen molar-refractivity contribution in [3.05, 3.63) is 30.7 Å². The van der Waals surface area contributed by atoms with Crippen LogP contribution in [0.1, 0.15) is 18.6 Å². The van der Waals surface area contributed by atoms with Crippen LogP contribution in [-0.4, -0.2) is 43.4 Å². The molecule has 0 unspecified atom stereocenters. The van der Waals surface area contributed by atoms with Crippen molar-refractivity contribution in [1.82, 2.24) is 10.6 Å². The van der Waals surface area contributed by atoms with Gasteiger partial charge >= 0.3 is 0 Å². The van der Waals surface area contributed by atoms with Gasteiger partial charge in [-0.1, -0.05) is 6.58 Å². The molecule has 1 saturated carbocycles. The van der Waals surface area contributed by atoms with Crippen LogP contribution in [0.15, 0.2) is 29.4 Å². The molecule has 1 aliphatic carbocycles. The average Bonchev–Trinajstić information content (AvgIpc) is 2.93. The second-order valence-electron chi connectivity index (χ2n) is 6.19. The van der Waals surface area contributed by atoms with Gasteiger partial charge in [-0.3, -0.25) is 4.79 Å². The molecule has 0 aromatic carbocycles. The molecular formula is C16H20N2O4. The Morgan fingerprint density at radius 3 is 2.41 bits per heavy atom. The van der Waals surface area contributed by atoms with E-state index in [4.69, 9.17) is 13.9 Å². The number of hydrogen-bond acceptors (Lipinski definition) is 5. The normalized spacial score (nSPS) is 33.5. The molecule has 2 N–H and O–H groups in total. The Hall–Kier alpha value is -1.79. The highest BCUT2D eigenvalue weighted by Gasteiger charge is 2.49. The molecule has 4 rings (SSSR count). The molecule has 3 heterocycles. The van der Waals surface area contributed by atoms with Crippen LogP contribution < -0.4 is 10.6 Å². The molecule has 1 amide bonds. The lowest BCUT2D eigenvalue weighted by molar-refractivity contribution is -0.123. The Balaban J connectivity index is 1.35.